The number of hydrogen-bond donors (Lipinski definition) is 1. The molecule has 98 valence electrons. The summed E-state index contributed by atoms with van der Waals surface area (Å²) in [6.07, 6.45) is 5.57. The van der Waals surface area contributed by atoms with E-state index in [0.717, 1.165) is 11.3 Å². The van der Waals surface area contributed by atoms with Crippen molar-refractivity contribution >= 4 is 17.7 Å². The number of nitrogens with zero attached hydrogens (tertiary/aromatic N) is 1. The van der Waals surface area contributed by atoms with Crippen LogP contribution in [0.4, 0.5) is 0 Å². The van der Waals surface area contributed by atoms with E-state index in [-0.39, 0.29) is 5.91 Å². The third-order valence-electron chi connectivity index (χ3n) is 2.49. The smallest absolute Gasteiger partial charge is 0.237 e. The first kappa shape index (κ1) is 15.1. The van der Waals surface area contributed by atoms with E-state index >= 15 is 0 Å². The van der Waals surface area contributed by atoms with Crippen LogP contribution in [0, 0.1) is 29.6 Å². The van der Waals surface area contributed by atoms with Gasteiger partial charge in [-0.05, 0) is 12.0 Å². The zero-order valence-corrected chi connectivity index (χ0v) is 11.5. The molecule has 1 aromatic carbocycles. The molecule has 4 heteroatoms. The van der Waals surface area contributed by atoms with Gasteiger partial charge in [0.1, 0.15) is 5.92 Å². The van der Waals surface area contributed by atoms with Crippen LogP contribution in [0.2, 0.25) is 0 Å². The minimum absolute atomic E-state index is 0.215. The number of rotatable bonds is 7. The third-order valence-corrected chi connectivity index (χ3v) is 3.35. The van der Waals surface area contributed by atoms with Gasteiger partial charge in [-0.1, -0.05) is 36.3 Å². The van der Waals surface area contributed by atoms with Crippen molar-refractivity contribution in [2.24, 2.45) is 5.92 Å². The van der Waals surface area contributed by atoms with E-state index in [2.05, 4.69) is 17.3 Å². The lowest BCUT2D eigenvalue weighted by Crippen LogP contribution is -2.32. The lowest BCUT2D eigenvalue weighted by atomic mass is 10.00. The highest BCUT2D eigenvalue weighted by Gasteiger charge is 2.17. The Kier molecular flexibility index (Phi) is 7.24. The van der Waals surface area contributed by atoms with E-state index in [9.17, 15) is 4.79 Å². The van der Waals surface area contributed by atoms with E-state index < -0.39 is 5.92 Å². The van der Waals surface area contributed by atoms with Crippen LogP contribution in [0.1, 0.15) is 5.56 Å². The fourth-order valence-electron chi connectivity index (χ4n) is 1.55. The highest BCUT2D eigenvalue weighted by Crippen LogP contribution is 2.08. The lowest BCUT2D eigenvalue weighted by molar-refractivity contribution is -0.123. The van der Waals surface area contributed by atoms with Crippen molar-refractivity contribution < 1.29 is 4.79 Å². The molecule has 0 radical (unpaired) electrons. The SMILES string of the molecule is C#CCSCCNC(=O)C(C#N)Cc1ccccc1. The maximum absolute atomic E-state index is 11.8. The Labute approximate surface area is 118 Å². The Bertz CT molecular complexity index is 473. The number of benzene rings is 1. The van der Waals surface area contributed by atoms with Crippen LogP contribution in [0.5, 0.6) is 0 Å². The van der Waals surface area contributed by atoms with Crippen molar-refractivity contribution in [2.75, 3.05) is 18.1 Å². The zero-order chi connectivity index (χ0) is 13.9. The minimum atomic E-state index is -0.639. The molecule has 1 rings (SSSR count). The first-order valence-electron chi connectivity index (χ1n) is 6.00. The molecule has 1 aromatic rings. The average Bonchev–Trinajstić information content (AvgIpc) is 2.45. The summed E-state index contributed by atoms with van der Waals surface area (Å²) in [6, 6.07) is 11.6. The summed E-state index contributed by atoms with van der Waals surface area (Å²) < 4.78 is 0. The molecule has 1 atom stereocenters. The molecule has 0 aliphatic heterocycles. The van der Waals surface area contributed by atoms with Gasteiger partial charge in [0.05, 0.1) is 11.8 Å². The molecule has 0 spiro atoms. The summed E-state index contributed by atoms with van der Waals surface area (Å²) in [7, 11) is 0. The monoisotopic (exact) mass is 272 g/mol. The van der Waals surface area contributed by atoms with Crippen molar-refractivity contribution in [1.29, 1.82) is 5.26 Å². The Hall–Kier alpha value is -1.91. The van der Waals surface area contributed by atoms with Crippen LogP contribution in [0.25, 0.3) is 0 Å². The highest BCUT2D eigenvalue weighted by atomic mass is 32.2. The average molecular weight is 272 g/mol. The second kappa shape index (κ2) is 9.08. The first-order chi connectivity index (χ1) is 9.27. The number of terminal acetylenes is 1. The molecule has 0 heterocycles. The quantitative estimate of drug-likeness (QED) is 0.609. The lowest BCUT2D eigenvalue weighted by Gasteiger charge is -2.10. The van der Waals surface area contributed by atoms with Crippen LogP contribution in [0.3, 0.4) is 0 Å². The Morgan fingerprint density at radius 2 is 2.16 bits per heavy atom. The summed E-state index contributed by atoms with van der Waals surface area (Å²) in [6.45, 7) is 0.540. The third kappa shape index (κ3) is 5.99. The summed E-state index contributed by atoms with van der Waals surface area (Å²) >= 11 is 1.58. The van der Waals surface area contributed by atoms with Gasteiger partial charge in [-0.15, -0.1) is 18.2 Å². The summed E-state index contributed by atoms with van der Waals surface area (Å²) in [5, 5.41) is 11.8. The maximum Gasteiger partial charge on any atom is 0.237 e. The van der Waals surface area contributed by atoms with Gasteiger partial charge in [-0.2, -0.15) is 5.26 Å². The summed E-state index contributed by atoms with van der Waals surface area (Å²) in [5.41, 5.74) is 0.992. The number of thioether (sulfide) groups is 1. The van der Waals surface area contributed by atoms with Crippen molar-refractivity contribution in [1.82, 2.24) is 5.32 Å². The van der Waals surface area contributed by atoms with Crippen LogP contribution in [0.15, 0.2) is 30.3 Å². The summed E-state index contributed by atoms with van der Waals surface area (Å²) in [5.74, 6) is 3.07. The Morgan fingerprint density at radius 3 is 2.79 bits per heavy atom. The molecule has 1 unspecified atom stereocenters. The van der Waals surface area contributed by atoms with E-state index in [1.165, 1.54) is 0 Å². The predicted octanol–water partition coefficient (Wildman–Crippen LogP) is 1.85. The molecule has 3 nitrogen and oxygen atoms in total. The first-order valence-corrected chi connectivity index (χ1v) is 7.16. The topological polar surface area (TPSA) is 52.9 Å². The molecular formula is C15H16N2OS. The fraction of sp³-hybridized carbons (Fsp3) is 0.333. The van der Waals surface area contributed by atoms with Crippen LogP contribution in [-0.4, -0.2) is 24.0 Å². The van der Waals surface area contributed by atoms with Gasteiger partial charge < -0.3 is 5.32 Å². The maximum atomic E-state index is 11.8. The van der Waals surface area contributed by atoms with Crippen molar-refractivity contribution in [2.45, 2.75) is 6.42 Å². The fourth-order valence-corrected chi connectivity index (χ4v) is 2.06. The largest absolute Gasteiger partial charge is 0.354 e. The van der Waals surface area contributed by atoms with Gasteiger partial charge >= 0.3 is 0 Å². The second-order valence-electron chi connectivity index (χ2n) is 3.92. The molecule has 19 heavy (non-hydrogen) atoms. The number of hydrogen-bond acceptors (Lipinski definition) is 3. The normalized spacial score (nSPS) is 11.1. The van der Waals surface area contributed by atoms with E-state index in [1.807, 2.05) is 30.3 Å². The van der Waals surface area contributed by atoms with Crippen LogP contribution in [-0.2, 0) is 11.2 Å². The standard InChI is InChI=1S/C15H16N2OS/c1-2-9-19-10-8-17-15(18)14(12-16)11-13-6-4-3-5-7-13/h1,3-7,14H,8-11H2,(H,17,18). The predicted molar refractivity (Wildman–Crippen MR) is 78.4 cm³/mol. The number of carbonyl (C=O) groups is 1. The Balaban J connectivity index is 2.37. The molecule has 0 fully saturated rings. The van der Waals surface area contributed by atoms with Crippen molar-refractivity contribution in [3.63, 3.8) is 0 Å². The molecule has 0 saturated carbocycles. The molecule has 1 amide bonds. The number of nitriles is 1. The van der Waals surface area contributed by atoms with E-state index in [1.54, 1.807) is 11.8 Å². The Morgan fingerprint density at radius 1 is 1.42 bits per heavy atom. The van der Waals surface area contributed by atoms with Crippen LogP contribution < -0.4 is 5.32 Å². The minimum Gasteiger partial charge on any atom is -0.354 e. The van der Waals surface area contributed by atoms with Crippen LogP contribution >= 0.6 is 11.8 Å². The highest BCUT2D eigenvalue weighted by molar-refractivity contribution is 7.99. The van der Waals surface area contributed by atoms with Crippen molar-refractivity contribution in [3.8, 4) is 18.4 Å². The van der Waals surface area contributed by atoms with Gasteiger partial charge in [-0.3, -0.25) is 4.79 Å². The molecular weight excluding hydrogens is 256 g/mol. The van der Waals surface area contributed by atoms with Gasteiger partial charge in [0, 0.05) is 12.3 Å². The number of amides is 1. The number of carbonyl (C=O) groups excluding carboxylic acids is 1. The van der Waals surface area contributed by atoms with E-state index in [4.69, 9.17) is 11.7 Å². The van der Waals surface area contributed by atoms with Crippen molar-refractivity contribution in [3.05, 3.63) is 35.9 Å². The molecule has 1 N–H and O–H groups in total. The van der Waals surface area contributed by atoms with Gasteiger partial charge in [0.25, 0.3) is 0 Å². The summed E-state index contributed by atoms with van der Waals surface area (Å²) in [4.78, 5) is 11.8. The molecule has 0 aliphatic carbocycles. The van der Waals surface area contributed by atoms with Gasteiger partial charge in [0.2, 0.25) is 5.91 Å². The zero-order valence-electron chi connectivity index (χ0n) is 10.6. The molecule has 0 aliphatic rings. The molecule has 0 bridgehead atoms. The van der Waals surface area contributed by atoms with Gasteiger partial charge in [-0.25, -0.2) is 0 Å². The molecule has 0 saturated heterocycles. The number of nitrogens with one attached hydrogen (secondary N) is 1. The van der Waals surface area contributed by atoms with E-state index in [0.29, 0.717) is 18.7 Å². The second-order valence-corrected chi connectivity index (χ2v) is 5.02. The van der Waals surface area contributed by atoms with Gasteiger partial charge in [0.15, 0.2) is 0 Å². The molecule has 0 aromatic heterocycles.